The monoisotopic (exact) mass is 415 g/mol. The Hall–Kier alpha value is -2.55. The standard InChI is InChI=1S/C28H37N3/c1-18(2)16-24-25(29-9)31(22-13-11-10-12-19(22)3)26-28(7,8)21-17-20(27(4,5)6)14-15-23(21)30(24)26/h10-18,26H,1-9H3/b24-16+,29-25+. The molecule has 0 saturated carbocycles. The first-order valence-electron chi connectivity index (χ1n) is 11.5. The lowest BCUT2D eigenvalue weighted by Gasteiger charge is -2.36. The number of fused-ring (bicyclic) bond motifs is 3. The number of para-hydroxylation sites is 1. The number of rotatable bonds is 2. The second kappa shape index (κ2) is 7.25. The number of hydrogen-bond acceptors (Lipinski definition) is 2. The molecular weight excluding hydrogens is 378 g/mol. The molecule has 0 aliphatic carbocycles. The third-order valence-corrected chi connectivity index (χ3v) is 6.75. The summed E-state index contributed by atoms with van der Waals surface area (Å²) in [6.45, 7) is 18.4. The van der Waals surface area contributed by atoms with Crippen molar-refractivity contribution in [2.24, 2.45) is 10.9 Å². The Morgan fingerprint density at radius 2 is 1.68 bits per heavy atom. The Morgan fingerprint density at radius 3 is 2.26 bits per heavy atom. The number of amidine groups is 1. The molecule has 2 aliphatic heterocycles. The van der Waals surface area contributed by atoms with Gasteiger partial charge in [0.25, 0.3) is 0 Å². The minimum absolute atomic E-state index is 0.0681. The largest absolute Gasteiger partial charge is 0.316 e. The summed E-state index contributed by atoms with van der Waals surface area (Å²) in [4.78, 5) is 9.84. The number of aryl methyl sites for hydroxylation is 1. The molecule has 1 unspecified atom stereocenters. The molecule has 2 heterocycles. The molecule has 0 bridgehead atoms. The van der Waals surface area contributed by atoms with Gasteiger partial charge in [0.05, 0.1) is 5.70 Å². The Kier molecular flexibility index (Phi) is 5.07. The van der Waals surface area contributed by atoms with Gasteiger partial charge < -0.3 is 9.80 Å². The smallest absolute Gasteiger partial charge is 0.153 e. The first-order chi connectivity index (χ1) is 14.5. The lowest BCUT2D eigenvalue weighted by molar-refractivity contribution is 0.451. The van der Waals surface area contributed by atoms with Crippen molar-refractivity contribution in [2.75, 3.05) is 16.8 Å². The van der Waals surface area contributed by atoms with Crippen LogP contribution < -0.4 is 9.80 Å². The quantitative estimate of drug-likeness (QED) is 0.537. The number of benzene rings is 2. The summed E-state index contributed by atoms with van der Waals surface area (Å²) in [6, 6.07) is 15.8. The van der Waals surface area contributed by atoms with Gasteiger partial charge in [-0.3, -0.25) is 4.99 Å². The molecule has 3 heteroatoms. The maximum atomic E-state index is 4.83. The van der Waals surface area contributed by atoms with Crippen molar-refractivity contribution in [1.29, 1.82) is 0 Å². The zero-order valence-corrected chi connectivity index (χ0v) is 20.6. The molecule has 164 valence electrons. The zero-order chi connectivity index (χ0) is 22.7. The average Bonchev–Trinajstić information content (AvgIpc) is 3.12. The van der Waals surface area contributed by atoms with E-state index < -0.39 is 0 Å². The summed E-state index contributed by atoms with van der Waals surface area (Å²) in [5, 5.41) is 0. The van der Waals surface area contributed by atoms with Crippen molar-refractivity contribution in [2.45, 2.75) is 72.4 Å². The highest BCUT2D eigenvalue weighted by Crippen LogP contribution is 2.54. The summed E-state index contributed by atoms with van der Waals surface area (Å²) in [5.41, 5.74) is 7.92. The number of hydrogen-bond donors (Lipinski definition) is 0. The van der Waals surface area contributed by atoms with Crippen LogP contribution in [-0.2, 0) is 10.8 Å². The molecule has 1 fully saturated rings. The highest BCUT2D eigenvalue weighted by Gasteiger charge is 2.55. The van der Waals surface area contributed by atoms with E-state index in [0.29, 0.717) is 5.92 Å². The van der Waals surface area contributed by atoms with Crippen LogP contribution in [0, 0.1) is 12.8 Å². The molecule has 0 amide bonds. The van der Waals surface area contributed by atoms with Crippen LogP contribution in [0.25, 0.3) is 0 Å². The summed E-state index contributed by atoms with van der Waals surface area (Å²) in [7, 11) is 1.92. The Morgan fingerprint density at radius 1 is 1.00 bits per heavy atom. The molecule has 0 N–H and O–H groups in total. The van der Waals surface area contributed by atoms with E-state index in [1.54, 1.807) is 0 Å². The van der Waals surface area contributed by atoms with Crippen LogP contribution in [0.2, 0.25) is 0 Å². The maximum Gasteiger partial charge on any atom is 0.153 e. The molecule has 2 aliphatic rings. The molecule has 0 spiro atoms. The van der Waals surface area contributed by atoms with Crippen molar-refractivity contribution in [1.82, 2.24) is 0 Å². The molecule has 0 aromatic heterocycles. The predicted octanol–water partition coefficient (Wildman–Crippen LogP) is 6.80. The Balaban J connectivity index is 2.00. The highest BCUT2D eigenvalue weighted by atomic mass is 15.5. The number of aliphatic imine (C=N–C) groups is 1. The van der Waals surface area contributed by atoms with E-state index in [0.717, 1.165) is 5.84 Å². The van der Waals surface area contributed by atoms with Crippen LogP contribution in [-0.4, -0.2) is 19.0 Å². The summed E-state index contributed by atoms with van der Waals surface area (Å²) >= 11 is 0. The van der Waals surface area contributed by atoms with Gasteiger partial charge in [-0.25, -0.2) is 0 Å². The van der Waals surface area contributed by atoms with E-state index >= 15 is 0 Å². The van der Waals surface area contributed by atoms with E-state index in [2.05, 4.69) is 114 Å². The van der Waals surface area contributed by atoms with E-state index in [-0.39, 0.29) is 17.0 Å². The second-order valence-corrected chi connectivity index (χ2v) is 10.9. The second-order valence-electron chi connectivity index (χ2n) is 10.9. The minimum atomic E-state index is -0.0681. The molecule has 1 saturated heterocycles. The van der Waals surface area contributed by atoms with Crippen LogP contribution in [0.15, 0.2) is 59.2 Å². The fourth-order valence-corrected chi connectivity index (χ4v) is 5.14. The van der Waals surface area contributed by atoms with Gasteiger partial charge in [0.15, 0.2) is 5.84 Å². The molecule has 0 radical (unpaired) electrons. The predicted molar refractivity (Wildman–Crippen MR) is 134 cm³/mol. The van der Waals surface area contributed by atoms with Crippen molar-refractivity contribution < 1.29 is 0 Å². The molecular formula is C28H37N3. The van der Waals surface area contributed by atoms with Crippen LogP contribution in [0.3, 0.4) is 0 Å². The van der Waals surface area contributed by atoms with Gasteiger partial charge in [0, 0.05) is 23.8 Å². The van der Waals surface area contributed by atoms with Crippen molar-refractivity contribution in [3.63, 3.8) is 0 Å². The lowest BCUT2D eigenvalue weighted by atomic mass is 9.79. The van der Waals surface area contributed by atoms with Gasteiger partial charge in [0.2, 0.25) is 0 Å². The SMILES string of the molecule is C/N=C1\C(=C/C(C)C)N2c3ccc(C(C)(C)C)cc3C(C)(C)C2N1c1ccccc1C. The first-order valence-corrected chi connectivity index (χ1v) is 11.5. The molecule has 2 aromatic rings. The minimum Gasteiger partial charge on any atom is -0.316 e. The summed E-state index contributed by atoms with van der Waals surface area (Å²) in [5.74, 6) is 1.50. The van der Waals surface area contributed by atoms with E-state index in [4.69, 9.17) is 4.99 Å². The number of anilines is 2. The zero-order valence-electron chi connectivity index (χ0n) is 20.6. The van der Waals surface area contributed by atoms with Crippen molar-refractivity contribution in [3.8, 4) is 0 Å². The fraction of sp³-hybridized carbons (Fsp3) is 0.464. The van der Waals surface area contributed by atoms with Crippen LogP contribution in [0.5, 0.6) is 0 Å². The third-order valence-electron chi connectivity index (χ3n) is 6.75. The fourth-order valence-electron chi connectivity index (χ4n) is 5.14. The first kappa shape index (κ1) is 21.7. The van der Waals surface area contributed by atoms with Gasteiger partial charge in [-0.1, -0.05) is 84.9 Å². The van der Waals surface area contributed by atoms with Crippen LogP contribution in [0.1, 0.15) is 65.2 Å². The van der Waals surface area contributed by atoms with Crippen molar-refractivity contribution in [3.05, 3.63) is 70.9 Å². The molecule has 4 rings (SSSR count). The maximum absolute atomic E-state index is 4.83. The van der Waals surface area contributed by atoms with E-state index in [1.165, 1.54) is 33.8 Å². The summed E-state index contributed by atoms with van der Waals surface area (Å²) in [6.07, 6.45) is 2.53. The molecule has 3 nitrogen and oxygen atoms in total. The normalized spacial score (nSPS) is 22.6. The van der Waals surface area contributed by atoms with Gasteiger partial charge >= 0.3 is 0 Å². The van der Waals surface area contributed by atoms with Crippen LogP contribution in [0.4, 0.5) is 11.4 Å². The van der Waals surface area contributed by atoms with Gasteiger partial charge in [-0.2, -0.15) is 0 Å². The van der Waals surface area contributed by atoms with Gasteiger partial charge in [-0.05, 0) is 47.1 Å². The lowest BCUT2D eigenvalue weighted by Crippen LogP contribution is -2.48. The van der Waals surface area contributed by atoms with Gasteiger partial charge in [-0.15, -0.1) is 0 Å². The average molecular weight is 416 g/mol. The highest BCUT2D eigenvalue weighted by molar-refractivity contribution is 6.17. The number of allylic oxidation sites excluding steroid dienone is 1. The van der Waals surface area contributed by atoms with E-state index in [1.807, 2.05) is 7.05 Å². The van der Waals surface area contributed by atoms with Crippen LogP contribution >= 0.6 is 0 Å². The number of nitrogens with zero attached hydrogens (tertiary/aromatic N) is 3. The topological polar surface area (TPSA) is 18.8 Å². The molecule has 31 heavy (non-hydrogen) atoms. The Bertz CT molecular complexity index is 1070. The van der Waals surface area contributed by atoms with Gasteiger partial charge in [0.1, 0.15) is 6.17 Å². The van der Waals surface area contributed by atoms with E-state index in [9.17, 15) is 0 Å². The summed E-state index contributed by atoms with van der Waals surface area (Å²) < 4.78 is 0. The van der Waals surface area contributed by atoms with Crippen molar-refractivity contribution >= 4 is 17.2 Å². The molecule has 2 aromatic carbocycles. The Labute approximate surface area is 188 Å². The third kappa shape index (κ3) is 3.30. The molecule has 1 atom stereocenters.